The summed E-state index contributed by atoms with van der Waals surface area (Å²) in [4.78, 5) is 23.0. The molecule has 1 rings (SSSR count). The molecule has 6 heteroatoms. The van der Waals surface area contributed by atoms with Crippen LogP contribution in [0.1, 0.15) is 19.4 Å². The van der Waals surface area contributed by atoms with E-state index >= 15 is 0 Å². The molecule has 0 saturated carbocycles. The molecule has 0 radical (unpaired) electrons. The molecule has 0 heterocycles. The number of rotatable bonds is 9. The number of ether oxygens (including phenoxy) is 2. The molecule has 0 amide bonds. The first-order valence-corrected chi connectivity index (χ1v) is 9.16. The van der Waals surface area contributed by atoms with Gasteiger partial charge in [0.05, 0.1) is 19.0 Å². The fourth-order valence-corrected chi connectivity index (χ4v) is 3.65. The lowest BCUT2D eigenvalue weighted by atomic mass is 10.1. The molecule has 0 spiro atoms. The van der Waals surface area contributed by atoms with Gasteiger partial charge in [-0.2, -0.15) is 0 Å². The Morgan fingerprint density at radius 2 is 1.77 bits per heavy atom. The Balaban J connectivity index is 2.71. The molecule has 22 heavy (non-hydrogen) atoms. The number of thioether (sulfide) groups is 1. The molecule has 0 aliphatic rings. The number of benzene rings is 1. The second kappa shape index (κ2) is 10.7. The summed E-state index contributed by atoms with van der Waals surface area (Å²) in [6.07, 6.45) is 0.666. The van der Waals surface area contributed by atoms with Crippen molar-refractivity contribution in [2.75, 3.05) is 19.0 Å². The predicted molar refractivity (Wildman–Crippen MR) is 92.4 cm³/mol. The highest BCUT2D eigenvalue weighted by atomic mass is 79.9. The molecule has 2 atom stereocenters. The monoisotopic (exact) mass is 388 g/mol. The molecule has 4 nitrogen and oxygen atoms in total. The minimum Gasteiger partial charge on any atom is -0.465 e. The van der Waals surface area contributed by atoms with Crippen LogP contribution in [0.25, 0.3) is 0 Å². The Hall–Kier alpha value is -1.01. The van der Waals surface area contributed by atoms with Gasteiger partial charge in [-0.1, -0.05) is 46.3 Å². The van der Waals surface area contributed by atoms with Crippen LogP contribution in [0.3, 0.4) is 0 Å². The molecule has 0 N–H and O–H groups in total. The van der Waals surface area contributed by atoms with Crippen LogP contribution in [0.4, 0.5) is 0 Å². The van der Waals surface area contributed by atoms with Crippen molar-refractivity contribution in [2.24, 2.45) is 0 Å². The summed E-state index contributed by atoms with van der Waals surface area (Å²) in [6, 6.07) is 9.86. The van der Waals surface area contributed by atoms with E-state index < -0.39 is 4.83 Å². The van der Waals surface area contributed by atoms with Crippen molar-refractivity contribution < 1.29 is 19.1 Å². The first-order valence-electron chi connectivity index (χ1n) is 7.20. The number of alkyl halides is 1. The van der Waals surface area contributed by atoms with E-state index in [1.165, 1.54) is 11.8 Å². The van der Waals surface area contributed by atoms with Crippen LogP contribution in [-0.2, 0) is 25.5 Å². The Kier molecular flexibility index (Phi) is 9.24. The second-order valence-corrected chi connectivity index (χ2v) is 6.71. The van der Waals surface area contributed by atoms with Gasteiger partial charge in [0.1, 0.15) is 4.83 Å². The normalized spacial score (nSPS) is 13.2. The summed E-state index contributed by atoms with van der Waals surface area (Å²) >= 11 is 4.81. The van der Waals surface area contributed by atoms with Gasteiger partial charge in [-0.25, -0.2) is 0 Å². The summed E-state index contributed by atoms with van der Waals surface area (Å²) in [5.41, 5.74) is 1.11. The summed E-state index contributed by atoms with van der Waals surface area (Å²) in [5.74, 6) is -0.360. The van der Waals surface area contributed by atoms with Crippen LogP contribution in [-0.4, -0.2) is 41.0 Å². The fourth-order valence-electron chi connectivity index (χ4n) is 1.84. The lowest BCUT2D eigenvalue weighted by Crippen LogP contribution is -2.31. The van der Waals surface area contributed by atoms with Crippen LogP contribution >= 0.6 is 27.7 Å². The van der Waals surface area contributed by atoms with Crippen molar-refractivity contribution in [1.29, 1.82) is 0 Å². The highest BCUT2D eigenvalue weighted by Gasteiger charge is 2.28. The highest BCUT2D eigenvalue weighted by Crippen LogP contribution is 2.26. The molecular formula is C16H21BrO4S. The van der Waals surface area contributed by atoms with Gasteiger partial charge in [0.2, 0.25) is 0 Å². The lowest BCUT2D eigenvalue weighted by molar-refractivity contribution is -0.142. The molecule has 1 aromatic carbocycles. The molecular weight excluding hydrogens is 368 g/mol. The Morgan fingerprint density at radius 3 is 2.36 bits per heavy atom. The number of hydrogen-bond acceptors (Lipinski definition) is 5. The first-order chi connectivity index (χ1) is 10.6. The van der Waals surface area contributed by atoms with E-state index in [9.17, 15) is 9.59 Å². The average Bonchev–Trinajstić information content (AvgIpc) is 2.52. The van der Waals surface area contributed by atoms with E-state index in [4.69, 9.17) is 9.47 Å². The molecule has 122 valence electrons. The molecule has 0 aromatic heterocycles. The smallest absolute Gasteiger partial charge is 0.320 e. The van der Waals surface area contributed by atoms with Crippen LogP contribution in [0.15, 0.2) is 30.3 Å². The minimum atomic E-state index is -0.466. The quantitative estimate of drug-likeness (QED) is 0.480. The number of esters is 2. The molecule has 0 aliphatic carbocycles. The zero-order chi connectivity index (χ0) is 16.4. The predicted octanol–water partition coefficient (Wildman–Crippen LogP) is 3.22. The summed E-state index contributed by atoms with van der Waals surface area (Å²) in [5, 5.41) is -0.106. The Labute approximate surface area is 144 Å². The number of carbonyl (C=O) groups is 2. The molecule has 1 aromatic rings. The third kappa shape index (κ3) is 6.83. The van der Waals surface area contributed by atoms with Crippen molar-refractivity contribution in [2.45, 2.75) is 30.3 Å². The molecule has 0 saturated heterocycles. The molecule has 0 fully saturated rings. The maximum atomic E-state index is 11.9. The van der Waals surface area contributed by atoms with Crippen LogP contribution in [0.5, 0.6) is 0 Å². The molecule has 0 bridgehead atoms. The highest BCUT2D eigenvalue weighted by molar-refractivity contribution is 9.10. The van der Waals surface area contributed by atoms with Crippen LogP contribution < -0.4 is 0 Å². The summed E-state index contributed by atoms with van der Waals surface area (Å²) in [6.45, 7) is 4.24. The van der Waals surface area contributed by atoms with E-state index in [2.05, 4.69) is 15.9 Å². The number of halogens is 1. The second-order valence-electron chi connectivity index (χ2n) is 4.50. The maximum Gasteiger partial charge on any atom is 0.320 e. The third-order valence-electron chi connectivity index (χ3n) is 2.84. The van der Waals surface area contributed by atoms with Gasteiger partial charge in [0.25, 0.3) is 0 Å². The summed E-state index contributed by atoms with van der Waals surface area (Å²) in [7, 11) is 0. The van der Waals surface area contributed by atoms with Gasteiger partial charge < -0.3 is 9.47 Å². The minimum absolute atomic E-state index is 0.106. The Morgan fingerprint density at radius 1 is 1.14 bits per heavy atom. The average molecular weight is 389 g/mol. The zero-order valence-electron chi connectivity index (χ0n) is 12.8. The van der Waals surface area contributed by atoms with Crippen molar-refractivity contribution in [3.63, 3.8) is 0 Å². The number of carbonyl (C=O) groups excluding carboxylic acids is 2. The van der Waals surface area contributed by atoms with Gasteiger partial charge in [-0.15, -0.1) is 11.8 Å². The van der Waals surface area contributed by atoms with Gasteiger partial charge in [0, 0.05) is 5.25 Å². The SMILES string of the molecule is CCOC(=O)CSC(Cc1ccccc1)C(Br)C(=O)OCC. The zero-order valence-corrected chi connectivity index (χ0v) is 15.2. The van der Waals surface area contributed by atoms with Crippen molar-refractivity contribution in [3.8, 4) is 0 Å². The van der Waals surface area contributed by atoms with Gasteiger partial charge in [0.15, 0.2) is 0 Å². The van der Waals surface area contributed by atoms with Crippen LogP contribution in [0, 0.1) is 0 Å². The maximum absolute atomic E-state index is 11.9. The largest absolute Gasteiger partial charge is 0.465 e. The Bertz CT molecular complexity index is 466. The third-order valence-corrected chi connectivity index (χ3v) is 5.47. The van der Waals surface area contributed by atoms with E-state index in [1.807, 2.05) is 30.3 Å². The van der Waals surface area contributed by atoms with Gasteiger partial charge in [-0.3, -0.25) is 9.59 Å². The number of hydrogen-bond donors (Lipinski definition) is 0. The first kappa shape index (κ1) is 19.0. The standard InChI is InChI=1S/C16H21BrO4S/c1-3-20-14(18)11-22-13(15(17)16(19)21-4-2)10-12-8-6-5-7-9-12/h5-9,13,15H,3-4,10-11H2,1-2H3. The molecule has 0 aliphatic heterocycles. The fraction of sp³-hybridized carbons (Fsp3) is 0.500. The van der Waals surface area contributed by atoms with Crippen LogP contribution in [0.2, 0.25) is 0 Å². The topological polar surface area (TPSA) is 52.6 Å². The van der Waals surface area contributed by atoms with Gasteiger partial charge >= 0.3 is 11.9 Å². The summed E-state index contributed by atoms with van der Waals surface area (Å²) < 4.78 is 10.0. The van der Waals surface area contributed by atoms with Crippen molar-refractivity contribution >= 4 is 39.6 Å². The lowest BCUT2D eigenvalue weighted by Gasteiger charge is -2.20. The van der Waals surface area contributed by atoms with E-state index in [1.54, 1.807) is 13.8 Å². The van der Waals surface area contributed by atoms with Crippen molar-refractivity contribution in [1.82, 2.24) is 0 Å². The van der Waals surface area contributed by atoms with E-state index in [0.29, 0.717) is 19.6 Å². The molecule has 2 unspecified atom stereocenters. The van der Waals surface area contributed by atoms with Crippen molar-refractivity contribution in [3.05, 3.63) is 35.9 Å². The van der Waals surface area contributed by atoms with E-state index in [0.717, 1.165) is 5.56 Å². The van der Waals surface area contributed by atoms with E-state index in [-0.39, 0.29) is 22.9 Å². The van der Waals surface area contributed by atoms with Gasteiger partial charge in [-0.05, 0) is 25.8 Å².